The minimum Gasteiger partial charge on any atom is -0.491 e. The lowest BCUT2D eigenvalue weighted by molar-refractivity contribution is -0.133. The zero-order chi connectivity index (χ0) is 16.9. The Morgan fingerprint density at radius 2 is 2.00 bits per heavy atom. The highest BCUT2D eigenvalue weighted by Crippen LogP contribution is 2.26. The molecule has 1 atom stereocenters. The van der Waals surface area contributed by atoms with Crippen molar-refractivity contribution >= 4 is 11.8 Å². The topological polar surface area (TPSA) is 67.9 Å². The van der Waals surface area contributed by atoms with Gasteiger partial charge in [0.1, 0.15) is 18.0 Å². The molecule has 2 rings (SSSR count). The van der Waals surface area contributed by atoms with Crippen molar-refractivity contribution in [2.24, 2.45) is 0 Å². The second-order valence-corrected chi connectivity index (χ2v) is 5.96. The van der Waals surface area contributed by atoms with Gasteiger partial charge >= 0.3 is 0 Å². The first-order valence-electron chi connectivity index (χ1n) is 7.71. The molecule has 1 aliphatic heterocycles. The van der Waals surface area contributed by atoms with E-state index < -0.39 is 5.60 Å². The quantitative estimate of drug-likeness (QED) is 0.853. The first kappa shape index (κ1) is 17.3. The number of hydrogen-bond donors (Lipinski definition) is 1. The number of aryl methyl sites for hydroxylation is 1. The third kappa shape index (κ3) is 4.69. The van der Waals surface area contributed by atoms with Gasteiger partial charge in [-0.25, -0.2) is 0 Å². The van der Waals surface area contributed by atoms with Crippen molar-refractivity contribution < 1.29 is 19.1 Å². The molecule has 0 radical (unpaired) electrons. The van der Waals surface area contributed by atoms with Crippen molar-refractivity contribution in [3.63, 3.8) is 0 Å². The van der Waals surface area contributed by atoms with E-state index in [1.165, 1.54) is 12.5 Å². The summed E-state index contributed by atoms with van der Waals surface area (Å²) in [6, 6.07) is 7.83. The Hall–Kier alpha value is -2.08. The van der Waals surface area contributed by atoms with E-state index in [1.807, 2.05) is 31.2 Å². The van der Waals surface area contributed by atoms with Gasteiger partial charge in [0.15, 0.2) is 0 Å². The lowest BCUT2D eigenvalue weighted by atomic mass is 10.0. The number of nitrogens with zero attached hydrogens (tertiary/aromatic N) is 1. The molecule has 23 heavy (non-hydrogen) atoms. The molecule has 2 amide bonds. The number of nitrogens with one attached hydrogen (secondary N) is 1. The molecule has 6 heteroatoms. The second-order valence-electron chi connectivity index (χ2n) is 5.96. The summed E-state index contributed by atoms with van der Waals surface area (Å²) in [7, 11) is 1.64. The number of methoxy groups -OCH3 is 1. The molecule has 1 N–H and O–H groups in total. The largest absolute Gasteiger partial charge is 0.491 e. The van der Waals surface area contributed by atoms with E-state index >= 15 is 0 Å². The van der Waals surface area contributed by atoms with Gasteiger partial charge in [0, 0.05) is 20.6 Å². The van der Waals surface area contributed by atoms with Crippen molar-refractivity contribution in [3.8, 4) is 5.75 Å². The Bertz CT molecular complexity index is 558. The molecule has 1 aromatic carbocycles. The monoisotopic (exact) mass is 320 g/mol. The summed E-state index contributed by atoms with van der Waals surface area (Å²) >= 11 is 0. The fourth-order valence-electron chi connectivity index (χ4n) is 2.56. The summed E-state index contributed by atoms with van der Waals surface area (Å²) in [5.74, 6) is 0.475. The Balaban J connectivity index is 1.90. The van der Waals surface area contributed by atoms with Crippen molar-refractivity contribution in [3.05, 3.63) is 29.8 Å². The average Bonchev–Trinajstić information content (AvgIpc) is 2.97. The Labute approximate surface area is 136 Å². The average molecular weight is 320 g/mol. The first-order valence-corrected chi connectivity index (χ1v) is 7.71. The van der Waals surface area contributed by atoms with Crippen LogP contribution < -0.4 is 10.1 Å². The molecule has 1 saturated heterocycles. The lowest BCUT2D eigenvalue weighted by Crippen LogP contribution is -2.44. The van der Waals surface area contributed by atoms with E-state index in [-0.39, 0.29) is 18.4 Å². The van der Waals surface area contributed by atoms with Gasteiger partial charge in [-0.3, -0.25) is 9.59 Å². The third-order valence-corrected chi connectivity index (χ3v) is 4.11. The van der Waals surface area contributed by atoms with E-state index in [4.69, 9.17) is 9.47 Å². The van der Waals surface area contributed by atoms with Crippen LogP contribution in [0.25, 0.3) is 0 Å². The molecule has 0 saturated carbocycles. The molecule has 0 unspecified atom stereocenters. The van der Waals surface area contributed by atoms with Crippen LogP contribution in [0.1, 0.15) is 18.9 Å². The normalized spacial score (nSPS) is 20.4. The van der Waals surface area contributed by atoms with E-state index in [1.54, 1.807) is 12.0 Å². The minimum atomic E-state index is -0.503. The van der Waals surface area contributed by atoms with Crippen molar-refractivity contribution in [2.45, 2.75) is 25.9 Å². The predicted octanol–water partition coefficient (Wildman–Crippen LogP) is 1.13. The number of amides is 2. The van der Waals surface area contributed by atoms with Gasteiger partial charge in [-0.15, -0.1) is 0 Å². The summed E-state index contributed by atoms with van der Waals surface area (Å²) in [6.45, 7) is 4.89. The fourth-order valence-corrected chi connectivity index (χ4v) is 2.56. The van der Waals surface area contributed by atoms with E-state index in [9.17, 15) is 9.59 Å². The number of likely N-dealkylation sites (tertiary alicyclic amines) is 1. The zero-order valence-corrected chi connectivity index (χ0v) is 13.9. The summed E-state index contributed by atoms with van der Waals surface area (Å²) in [4.78, 5) is 24.7. The Kier molecular flexibility index (Phi) is 5.60. The summed E-state index contributed by atoms with van der Waals surface area (Å²) in [5, 5.41) is 2.53. The molecule has 1 heterocycles. The van der Waals surface area contributed by atoms with E-state index in [2.05, 4.69) is 5.32 Å². The van der Waals surface area contributed by atoms with Crippen LogP contribution in [0.4, 0.5) is 0 Å². The van der Waals surface area contributed by atoms with Crippen LogP contribution in [0.3, 0.4) is 0 Å². The molecule has 1 fully saturated rings. The van der Waals surface area contributed by atoms with Crippen molar-refractivity contribution in [1.29, 1.82) is 0 Å². The van der Waals surface area contributed by atoms with Crippen LogP contribution in [-0.2, 0) is 14.3 Å². The van der Waals surface area contributed by atoms with Crippen molar-refractivity contribution in [2.75, 3.05) is 33.4 Å². The maximum atomic E-state index is 12.1. The van der Waals surface area contributed by atoms with Crippen LogP contribution >= 0.6 is 0 Å². The number of rotatable bonds is 6. The number of benzene rings is 1. The molecule has 1 aromatic rings. The molecule has 0 aromatic heterocycles. The molecule has 126 valence electrons. The van der Waals surface area contributed by atoms with Gasteiger partial charge in [-0.05, 0) is 25.5 Å². The molecular formula is C17H24N2O4. The van der Waals surface area contributed by atoms with E-state index in [0.717, 1.165) is 5.75 Å². The molecule has 6 nitrogen and oxygen atoms in total. The smallest absolute Gasteiger partial charge is 0.242 e. The van der Waals surface area contributed by atoms with Gasteiger partial charge in [-0.2, -0.15) is 0 Å². The van der Waals surface area contributed by atoms with Crippen LogP contribution in [0, 0.1) is 6.92 Å². The standard InChI is InChI=1S/C17H24N2O4/c1-13-4-6-15(7-5-13)23-12-17(22-3)8-9-19(11-17)16(21)10-18-14(2)20/h4-7H,8-12H2,1-3H3,(H,18,20)/t17-/m1/s1. The molecule has 1 aliphatic rings. The molecule has 0 bridgehead atoms. The van der Waals surface area contributed by atoms with Crippen LogP contribution in [0.15, 0.2) is 24.3 Å². The van der Waals surface area contributed by atoms with E-state index in [0.29, 0.717) is 26.1 Å². The summed E-state index contributed by atoms with van der Waals surface area (Å²) < 4.78 is 11.5. The zero-order valence-electron chi connectivity index (χ0n) is 13.9. The molecule has 0 spiro atoms. The Morgan fingerprint density at radius 3 is 2.61 bits per heavy atom. The van der Waals surface area contributed by atoms with Gasteiger partial charge in [0.05, 0.1) is 13.1 Å². The highest BCUT2D eigenvalue weighted by molar-refractivity contribution is 5.83. The molecule has 0 aliphatic carbocycles. The molecular weight excluding hydrogens is 296 g/mol. The number of carbonyl (C=O) groups is 2. The highest BCUT2D eigenvalue weighted by Gasteiger charge is 2.41. The van der Waals surface area contributed by atoms with Crippen molar-refractivity contribution in [1.82, 2.24) is 10.2 Å². The minimum absolute atomic E-state index is 0.0218. The summed E-state index contributed by atoms with van der Waals surface area (Å²) in [6.07, 6.45) is 0.709. The lowest BCUT2D eigenvalue weighted by Gasteiger charge is -2.28. The third-order valence-electron chi connectivity index (χ3n) is 4.11. The first-order chi connectivity index (χ1) is 10.9. The summed E-state index contributed by atoms with van der Waals surface area (Å²) in [5.41, 5.74) is 0.672. The van der Waals surface area contributed by atoms with Crippen LogP contribution in [0.5, 0.6) is 5.75 Å². The SMILES string of the molecule is CO[C@]1(COc2ccc(C)cc2)CCN(C(=O)CNC(C)=O)C1. The second kappa shape index (κ2) is 7.46. The van der Waals surface area contributed by atoms with Gasteiger partial charge in [0.25, 0.3) is 0 Å². The maximum Gasteiger partial charge on any atom is 0.242 e. The number of ether oxygens (including phenoxy) is 2. The van der Waals surface area contributed by atoms with Gasteiger partial charge < -0.3 is 19.7 Å². The fraction of sp³-hybridized carbons (Fsp3) is 0.529. The number of hydrogen-bond acceptors (Lipinski definition) is 4. The van der Waals surface area contributed by atoms with Gasteiger partial charge in [-0.1, -0.05) is 17.7 Å². The van der Waals surface area contributed by atoms with Gasteiger partial charge in [0.2, 0.25) is 11.8 Å². The maximum absolute atomic E-state index is 12.1. The predicted molar refractivity (Wildman–Crippen MR) is 86.3 cm³/mol. The van der Waals surface area contributed by atoms with Crippen LogP contribution in [-0.4, -0.2) is 55.7 Å². The highest BCUT2D eigenvalue weighted by atomic mass is 16.5. The number of carbonyl (C=O) groups excluding carboxylic acids is 2. The Morgan fingerprint density at radius 1 is 1.30 bits per heavy atom. The van der Waals surface area contributed by atoms with Crippen LogP contribution in [0.2, 0.25) is 0 Å².